The van der Waals surface area contributed by atoms with Gasteiger partial charge in [0, 0.05) is 5.69 Å². The van der Waals surface area contributed by atoms with E-state index >= 15 is 0 Å². The standard InChI is InChI=1S/C7H9N3O3S.H3N/c8-5-1-3-6(4-2-5)14(12,13)10-7(9)11;/h1-4H,8H2,(H3,9,10,11);1H3/p+1. The van der Waals surface area contributed by atoms with Gasteiger partial charge in [0.15, 0.2) is 0 Å². The van der Waals surface area contributed by atoms with Gasteiger partial charge in [-0.1, -0.05) is 0 Å². The zero-order valence-corrected chi connectivity index (χ0v) is 8.91. The molecule has 0 aliphatic heterocycles. The van der Waals surface area contributed by atoms with Gasteiger partial charge in [-0.2, -0.15) is 0 Å². The summed E-state index contributed by atoms with van der Waals surface area (Å²) in [4.78, 5) is 10.3. The number of sulfonamides is 1. The summed E-state index contributed by atoms with van der Waals surface area (Å²) in [5, 5.41) is 0. The van der Waals surface area contributed by atoms with E-state index in [1.807, 2.05) is 0 Å². The van der Waals surface area contributed by atoms with E-state index in [0.29, 0.717) is 5.69 Å². The second-order valence-electron chi connectivity index (χ2n) is 2.54. The zero-order valence-electron chi connectivity index (χ0n) is 8.10. The van der Waals surface area contributed by atoms with Gasteiger partial charge in [-0.15, -0.1) is 0 Å². The number of nitrogen functional groups attached to an aromatic ring is 1. The molecule has 84 valence electrons. The van der Waals surface area contributed by atoms with Crippen LogP contribution in [0.15, 0.2) is 29.2 Å². The Morgan fingerprint density at radius 3 is 2.07 bits per heavy atom. The molecule has 0 aliphatic carbocycles. The van der Waals surface area contributed by atoms with Crippen LogP contribution >= 0.6 is 0 Å². The number of rotatable bonds is 2. The fourth-order valence-electron chi connectivity index (χ4n) is 0.838. The molecule has 0 saturated heterocycles. The summed E-state index contributed by atoms with van der Waals surface area (Å²) < 4.78 is 24.2. The second kappa shape index (κ2) is 4.62. The minimum absolute atomic E-state index is 0. The molecule has 9 N–H and O–H groups in total. The Hall–Kier alpha value is -1.80. The lowest BCUT2D eigenvalue weighted by Crippen LogP contribution is -2.34. The molecule has 0 unspecified atom stereocenters. The van der Waals surface area contributed by atoms with Crippen LogP contribution in [-0.4, -0.2) is 14.4 Å². The zero-order chi connectivity index (χ0) is 10.8. The lowest BCUT2D eigenvalue weighted by molar-refractivity contribution is 0.253. The normalized spacial score (nSPS) is 10.1. The maximum atomic E-state index is 11.3. The summed E-state index contributed by atoms with van der Waals surface area (Å²) in [6, 6.07) is 4.26. The van der Waals surface area contributed by atoms with Crippen molar-refractivity contribution in [3.8, 4) is 0 Å². The quantitative estimate of drug-likeness (QED) is 0.531. The largest absolute Gasteiger partial charge is 0.399 e. The Bertz CT molecular complexity index is 440. The van der Waals surface area contributed by atoms with E-state index < -0.39 is 16.1 Å². The molecule has 1 aromatic rings. The topological polar surface area (TPSA) is 152 Å². The van der Waals surface area contributed by atoms with Gasteiger partial charge in [0.05, 0.1) is 4.90 Å². The Morgan fingerprint density at radius 2 is 1.67 bits per heavy atom. The average molecular weight is 233 g/mol. The van der Waals surface area contributed by atoms with E-state index in [0.717, 1.165) is 0 Å². The van der Waals surface area contributed by atoms with Gasteiger partial charge < -0.3 is 17.6 Å². The van der Waals surface area contributed by atoms with Crippen LogP contribution in [0.2, 0.25) is 0 Å². The first-order valence-corrected chi connectivity index (χ1v) is 5.08. The van der Waals surface area contributed by atoms with Crippen LogP contribution in [0.1, 0.15) is 0 Å². The fraction of sp³-hybridized carbons (Fsp3) is 0. The lowest BCUT2D eigenvalue weighted by Gasteiger charge is -2.03. The van der Waals surface area contributed by atoms with Crippen molar-refractivity contribution in [3.63, 3.8) is 0 Å². The van der Waals surface area contributed by atoms with Crippen LogP contribution in [0.25, 0.3) is 0 Å². The van der Waals surface area contributed by atoms with Gasteiger partial charge in [-0.05, 0) is 24.3 Å². The summed E-state index contributed by atoms with van der Waals surface area (Å²) in [6.45, 7) is 0. The van der Waals surface area contributed by atoms with Crippen molar-refractivity contribution in [1.82, 2.24) is 10.9 Å². The van der Waals surface area contributed by atoms with Crippen molar-refractivity contribution in [1.29, 1.82) is 0 Å². The van der Waals surface area contributed by atoms with Crippen molar-refractivity contribution in [3.05, 3.63) is 24.3 Å². The summed E-state index contributed by atoms with van der Waals surface area (Å²) in [6.07, 6.45) is 0. The summed E-state index contributed by atoms with van der Waals surface area (Å²) in [7, 11) is -3.86. The second-order valence-corrected chi connectivity index (χ2v) is 4.22. The van der Waals surface area contributed by atoms with Crippen molar-refractivity contribution in [2.75, 3.05) is 5.73 Å². The lowest BCUT2D eigenvalue weighted by atomic mass is 10.3. The Kier molecular flexibility index (Phi) is 4.07. The van der Waals surface area contributed by atoms with Crippen molar-refractivity contribution >= 4 is 21.7 Å². The van der Waals surface area contributed by atoms with Crippen LogP contribution < -0.4 is 22.3 Å². The number of carbonyl (C=O) groups excluding carboxylic acids is 1. The number of amides is 2. The van der Waals surface area contributed by atoms with E-state index in [2.05, 4.69) is 0 Å². The molecule has 7 nitrogen and oxygen atoms in total. The van der Waals surface area contributed by atoms with Crippen LogP contribution in [0.3, 0.4) is 0 Å². The first-order valence-electron chi connectivity index (χ1n) is 3.59. The highest BCUT2D eigenvalue weighted by atomic mass is 32.2. The fourth-order valence-corrected chi connectivity index (χ4v) is 1.72. The summed E-state index contributed by atoms with van der Waals surface area (Å²) >= 11 is 0. The van der Waals surface area contributed by atoms with E-state index in [-0.39, 0.29) is 11.0 Å². The summed E-state index contributed by atoms with van der Waals surface area (Å²) in [5.74, 6) is 0. The molecule has 0 atom stereocenters. The van der Waals surface area contributed by atoms with Crippen molar-refractivity contribution < 1.29 is 13.2 Å². The Morgan fingerprint density at radius 1 is 1.20 bits per heavy atom. The van der Waals surface area contributed by atoms with Gasteiger partial charge in [0.1, 0.15) is 0 Å². The van der Waals surface area contributed by atoms with Crippen LogP contribution in [0.4, 0.5) is 10.5 Å². The predicted octanol–water partition coefficient (Wildman–Crippen LogP) is 0.00200. The number of hydrogen-bond acceptors (Lipinski definition) is 4. The number of quaternary nitrogens is 1. The molecule has 1 rings (SSSR count). The number of nitrogens with one attached hydrogen (secondary N) is 1. The molecule has 8 heteroatoms. The summed E-state index contributed by atoms with van der Waals surface area (Å²) in [5.41, 5.74) is 10.5. The number of nitrogens with two attached hydrogens (primary N) is 2. The smallest absolute Gasteiger partial charge is 0.326 e. The first kappa shape index (κ1) is 13.2. The molecule has 1 aromatic carbocycles. The van der Waals surface area contributed by atoms with E-state index in [4.69, 9.17) is 11.5 Å². The van der Waals surface area contributed by atoms with Gasteiger partial charge in [-0.25, -0.2) is 17.9 Å². The van der Waals surface area contributed by atoms with Crippen LogP contribution in [0.5, 0.6) is 0 Å². The predicted molar refractivity (Wildman–Crippen MR) is 56.7 cm³/mol. The maximum Gasteiger partial charge on any atom is 0.326 e. The molecular weight excluding hydrogens is 220 g/mol. The Balaban J connectivity index is 0.00000196. The molecule has 0 spiro atoms. The molecule has 0 radical (unpaired) electrons. The number of urea groups is 1. The third-order valence-corrected chi connectivity index (χ3v) is 2.79. The number of carbonyl (C=O) groups is 1. The molecule has 0 aromatic heterocycles. The number of anilines is 1. The van der Waals surface area contributed by atoms with E-state index in [1.165, 1.54) is 24.3 Å². The molecular formula is C7H13N4O3S+. The SMILES string of the molecule is NC(=O)NS(=O)(=O)c1ccc(N)cc1.[NH4+]. The van der Waals surface area contributed by atoms with Crippen molar-refractivity contribution in [2.45, 2.75) is 4.90 Å². The third-order valence-electron chi connectivity index (χ3n) is 1.43. The van der Waals surface area contributed by atoms with Crippen LogP contribution in [-0.2, 0) is 10.0 Å². The van der Waals surface area contributed by atoms with Gasteiger partial charge in [0.25, 0.3) is 10.0 Å². The number of primary amides is 1. The number of benzene rings is 1. The molecule has 0 fully saturated rings. The monoisotopic (exact) mass is 233 g/mol. The van der Waals surface area contributed by atoms with E-state index in [1.54, 1.807) is 4.72 Å². The molecule has 0 bridgehead atoms. The van der Waals surface area contributed by atoms with Crippen LogP contribution in [0, 0.1) is 0 Å². The first-order chi connectivity index (χ1) is 6.42. The third kappa shape index (κ3) is 3.44. The molecule has 0 aliphatic rings. The Labute approximate surface area is 87.1 Å². The molecule has 2 amide bonds. The van der Waals surface area contributed by atoms with Gasteiger partial charge in [0.2, 0.25) is 0 Å². The highest BCUT2D eigenvalue weighted by molar-refractivity contribution is 7.90. The van der Waals surface area contributed by atoms with Gasteiger partial charge >= 0.3 is 6.03 Å². The average Bonchev–Trinajstić information content (AvgIpc) is 2.02. The number of hydrogen-bond donors (Lipinski definition) is 4. The van der Waals surface area contributed by atoms with E-state index in [9.17, 15) is 13.2 Å². The minimum atomic E-state index is -3.86. The molecule has 0 saturated carbocycles. The van der Waals surface area contributed by atoms with Gasteiger partial charge in [-0.3, -0.25) is 0 Å². The minimum Gasteiger partial charge on any atom is -0.399 e. The molecule has 0 heterocycles. The highest BCUT2D eigenvalue weighted by Gasteiger charge is 2.14. The van der Waals surface area contributed by atoms with Crippen molar-refractivity contribution in [2.24, 2.45) is 5.73 Å². The highest BCUT2D eigenvalue weighted by Crippen LogP contribution is 2.10. The maximum absolute atomic E-state index is 11.3. The molecule has 15 heavy (non-hydrogen) atoms.